The SMILES string of the molecule is CCCN1CC(CC(=O)O)CC(NC2CCCC2)C1. The summed E-state index contributed by atoms with van der Waals surface area (Å²) in [7, 11) is 0. The highest BCUT2D eigenvalue weighted by molar-refractivity contribution is 5.67. The minimum atomic E-state index is -0.650. The van der Waals surface area contributed by atoms with Gasteiger partial charge >= 0.3 is 5.97 Å². The summed E-state index contributed by atoms with van der Waals surface area (Å²) in [6.07, 6.45) is 7.80. The largest absolute Gasteiger partial charge is 0.481 e. The summed E-state index contributed by atoms with van der Waals surface area (Å²) in [6, 6.07) is 1.17. The van der Waals surface area contributed by atoms with Gasteiger partial charge in [0.2, 0.25) is 0 Å². The molecular weight excluding hydrogens is 240 g/mol. The summed E-state index contributed by atoms with van der Waals surface area (Å²) in [6.45, 7) is 5.35. The van der Waals surface area contributed by atoms with Crippen LogP contribution in [0.2, 0.25) is 0 Å². The zero-order valence-electron chi connectivity index (χ0n) is 12.1. The number of hydrogen-bond acceptors (Lipinski definition) is 3. The molecule has 2 atom stereocenters. The lowest BCUT2D eigenvalue weighted by Crippen LogP contribution is -2.51. The molecule has 2 rings (SSSR count). The molecule has 4 nitrogen and oxygen atoms in total. The standard InChI is InChI=1S/C15H28N2O2/c1-2-7-17-10-12(9-15(18)19)8-14(11-17)16-13-5-3-4-6-13/h12-14,16H,2-11H2,1H3,(H,18,19). The van der Waals surface area contributed by atoms with E-state index in [9.17, 15) is 4.79 Å². The van der Waals surface area contributed by atoms with E-state index in [0.717, 1.165) is 32.5 Å². The van der Waals surface area contributed by atoms with Gasteiger partial charge in [-0.3, -0.25) is 4.79 Å². The van der Waals surface area contributed by atoms with Crippen LogP contribution in [-0.4, -0.2) is 47.7 Å². The number of carboxylic acids is 1. The van der Waals surface area contributed by atoms with Gasteiger partial charge in [0, 0.05) is 31.6 Å². The van der Waals surface area contributed by atoms with Crippen LogP contribution in [0.4, 0.5) is 0 Å². The maximum absolute atomic E-state index is 10.9. The first-order chi connectivity index (χ1) is 9.17. The molecule has 1 aliphatic carbocycles. The van der Waals surface area contributed by atoms with Crippen LogP contribution in [0.1, 0.15) is 51.9 Å². The lowest BCUT2D eigenvalue weighted by atomic mass is 9.91. The van der Waals surface area contributed by atoms with Crippen molar-refractivity contribution >= 4 is 5.97 Å². The third-order valence-electron chi connectivity index (χ3n) is 4.44. The van der Waals surface area contributed by atoms with Gasteiger partial charge in [0.05, 0.1) is 0 Å². The second kappa shape index (κ2) is 7.25. The van der Waals surface area contributed by atoms with Crippen molar-refractivity contribution in [3.63, 3.8) is 0 Å². The highest BCUT2D eigenvalue weighted by atomic mass is 16.4. The van der Waals surface area contributed by atoms with Crippen LogP contribution in [0.5, 0.6) is 0 Å². The number of piperidine rings is 1. The number of hydrogen-bond donors (Lipinski definition) is 2. The quantitative estimate of drug-likeness (QED) is 0.774. The fourth-order valence-electron chi connectivity index (χ4n) is 3.74. The monoisotopic (exact) mass is 268 g/mol. The molecule has 0 spiro atoms. The number of likely N-dealkylation sites (tertiary alicyclic amines) is 1. The number of nitrogens with zero attached hydrogens (tertiary/aromatic N) is 1. The van der Waals surface area contributed by atoms with E-state index in [-0.39, 0.29) is 0 Å². The van der Waals surface area contributed by atoms with Gasteiger partial charge in [0.1, 0.15) is 0 Å². The van der Waals surface area contributed by atoms with Crippen LogP contribution in [0, 0.1) is 5.92 Å². The summed E-state index contributed by atoms with van der Waals surface area (Å²) in [4.78, 5) is 13.4. The van der Waals surface area contributed by atoms with Crippen molar-refractivity contribution in [2.45, 2.75) is 64.0 Å². The maximum Gasteiger partial charge on any atom is 0.303 e. The second-order valence-electron chi connectivity index (χ2n) is 6.30. The molecule has 1 saturated heterocycles. The van der Waals surface area contributed by atoms with E-state index in [4.69, 9.17) is 5.11 Å². The van der Waals surface area contributed by atoms with Crippen molar-refractivity contribution in [1.82, 2.24) is 10.2 Å². The van der Waals surface area contributed by atoms with Gasteiger partial charge in [0.25, 0.3) is 0 Å². The number of carbonyl (C=O) groups is 1. The number of rotatable bonds is 6. The lowest BCUT2D eigenvalue weighted by molar-refractivity contribution is -0.138. The van der Waals surface area contributed by atoms with E-state index >= 15 is 0 Å². The van der Waals surface area contributed by atoms with Gasteiger partial charge < -0.3 is 15.3 Å². The number of nitrogens with one attached hydrogen (secondary N) is 1. The first kappa shape index (κ1) is 14.8. The van der Waals surface area contributed by atoms with E-state index < -0.39 is 5.97 Å². The third kappa shape index (κ3) is 4.77. The Morgan fingerprint density at radius 1 is 1.26 bits per heavy atom. The zero-order valence-corrected chi connectivity index (χ0v) is 12.1. The van der Waals surface area contributed by atoms with Gasteiger partial charge in [0.15, 0.2) is 0 Å². The van der Waals surface area contributed by atoms with Crippen molar-refractivity contribution in [2.75, 3.05) is 19.6 Å². The molecule has 2 N–H and O–H groups in total. The molecular formula is C15H28N2O2. The smallest absolute Gasteiger partial charge is 0.303 e. The summed E-state index contributed by atoms with van der Waals surface area (Å²) in [5.41, 5.74) is 0. The van der Waals surface area contributed by atoms with Crippen LogP contribution < -0.4 is 5.32 Å². The molecule has 0 aromatic carbocycles. The highest BCUT2D eigenvalue weighted by Gasteiger charge is 2.30. The fourth-order valence-corrected chi connectivity index (χ4v) is 3.74. The van der Waals surface area contributed by atoms with Crippen LogP contribution >= 0.6 is 0 Å². The molecule has 2 unspecified atom stereocenters. The first-order valence-corrected chi connectivity index (χ1v) is 7.87. The highest BCUT2D eigenvalue weighted by Crippen LogP contribution is 2.24. The average molecular weight is 268 g/mol. The van der Waals surface area contributed by atoms with Crippen LogP contribution in [0.25, 0.3) is 0 Å². The molecule has 0 aromatic heterocycles. The lowest BCUT2D eigenvalue weighted by Gasteiger charge is -2.38. The minimum Gasteiger partial charge on any atom is -0.481 e. The Morgan fingerprint density at radius 3 is 2.63 bits per heavy atom. The van der Waals surface area contributed by atoms with Crippen LogP contribution in [-0.2, 0) is 4.79 Å². The van der Waals surface area contributed by atoms with Crippen molar-refractivity contribution in [3.05, 3.63) is 0 Å². The van der Waals surface area contributed by atoms with Crippen molar-refractivity contribution < 1.29 is 9.90 Å². The molecule has 1 heterocycles. The van der Waals surface area contributed by atoms with Crippen molar-refractivity contribution in [2.24, 2.45) is 5.92 Å². The molecule has 2 aliphatic rings. The van der Waals surface area contributed by atoms with Crippen molar-refractivity contribution in [1.29, 1.82) is 0 Å². The summed E-state index contributed by atoms with van der Waals surface area (Å²) < 4.78 is 0. The fraction of sp³-hybridized carbons (Fsp3) is 0.933. The van der Waals surface area contributed by atoms with Gasteiger partial charge in [-0.1, -0.05) is 19.8 Å². The predicted octanol–water partition coefficient (Wildman–Crippen LogP) is 2.09. The molecule has 110 valence electrons. The van der Waals surface area contributed by atoms with Crippen LogP contribution in [0.3, 0.4) is 0 Å². The summed E-state index contributed by atoms with van der Waals surface area (Å²) >= 11 is 0. The van der Waals surface area contributed by atoms with Crippen molar-refractivity contribution in [3.8, 4) is 0 Å². The Balaban J connectivity index is 1.87. The topological polar surface area (TPSA) is 52.6 Å². The van der Waals surface area contributed by atoms with Crippen LogP contribution in [0.15, 0.2) is 0 Å². The van der Waals surface area contributed by atoms with E-state index in [1.54, 1.807) is 0 Å². The Morgan fingerprint density at radius 2 is 2.00 bits per heavy atom. The Labute approximate surface area is 116 Å². The second-order valence-corrected chi connectivity index (χ2v) is 6.30. The molecule has 2 fully saturated rings. The molecule has 4 heteroatoms. The van der Waals surface area contributed by atoms with Gasteiger partial charge in [-0.25, -0.2) is 0 Å². The molecule has 0 amide bonds. The first-order valence-electron chi connectivity index (χ1n) is 7.87. The molecule has 19 heavy (non-hydrogen) atoms. The zero-order chi connectivity index (χ0) is 13.7. The molecule has 0 radical (unpaired) electrons. The number of carboxylic acid groups (broad SMARTS) is 1. The molecule has 0 aromatic rings. The number of aliphatic carboxylic acids is 1. The van der Waals surface area contributed by atoms with E-state index in [1.165, 1.54) is 25.7 Å². The predicted molar refractivity (Wildman–Crippen MR) is 76.3 cm³/mol. The summed E-state index contributed by atoms with van der Waals surface area (Å²) in [5, 5.41) is 12.8. The minimum absolute atomic E-state index is 0.316. The maximum atomic E-state index is 10.9. The Bertz CT molecular complexity index is 290. The van der Waals surface area contributed by atoms with Gasteiger partial charge in [-0.2, -0.15) is 0 Å². The van der Waals surface area contributed by atoms with Gasteiger partial charge in [-0.15, -0.1) is 0 Å². The average Bonchev–Trinajstić information content (AvgIpc) is 2.81. The molecule has 0 bridgehead atoms. The normalized spacial score (nSPS) is 29.7. The van der Waals surface area contributed by atoms with E-state index in [0.29, 0.717) is 24.4 Å². The molecule has 1 saturated carbocycles. The molecule has 1 aliphatic heterocycles. The van der Waals surface area contributed by atoms with E-state index in [2.05, 4.69) is 17.1 Å². The summed E-state index contributed by atoms with van der Waals surface area (Å²) in [5.74, 6) is -0.334. The van der Waals surface area contributed by atoms with Gasteiger partial charge in [-0.05, 0) is 38.1 Å². The third-order valence-corrected chi connectivity index (χ3v) is 4.44. The Hall–Kier alpha value is -0.610. The Kier molecular flexibility index (Phi) is 5.64. The van der Waals surface area contributed by atoms with E-state index in [1.807, 2.05) is 0 Å².